The first-order valence-electron chi connectivity index (χ1n) is 9.55. The molecular weight excluding hydrogens is 366 g/mol. The molecule has 0 aromatic heterocycles. The zero-order valence-corrected chi connectivity index (χ0v) is 17.8. The van der Waals surface area contributed by atoms with E-state index in [0.29, 0.717) is 29.0 Å². The first-order chi connectivity index (χ1) is 12.7. The van der Waals surface area contributed by atoms with Crippen LogP contribution in [0.15, 0.2) is 18.2 Å². The fourth-order valence-corrected chi connectivity index (χ4v) is 3.67. The van der Waals surface area contributed by atoms with Crippen molar-refractivity contribution in [1.82, 2.24) is 0 Å². The molecule has 1 aromatic carbocycles. The number of rotatable bonds is 8. The minimum absolute atomic E-state index is 0.108. The first kappa shape index (κ1) is 22.0. The summed E-state index contributed by atoms with van der Waals surface area (Å²) < 4.78 is 16.8. The summed E-state index contributed by atoms with van der Waals surface area (Å²) in [5, 5.41) is 3.42. The van der Waals surface area contributed by atoms with E-state index in [9.17, 15) is 4.79 Å². The van der Waals surface area contributed by atoms with Gasteiger partial charge in [-0.2, -0.15) is 0 Å². The fourth-order valence-electron chi connectivity index (χ4n) is 3.44. The van der Waals surface area contributed by atoms with E-state index in [-0.39, 0.29) is 11.5 Å². The number of hydrogen-bond acceptors (Lipinski definition) is 4. The highest BCUT2D eigenvalue weighted by atomic mass is 35.5. The van der Waals surface area contributed by atoms with Crippen molar-refractivity contribution in [3.05, 3.63) is 23.2 Å². The standard InChI is InChI=1S/C21H32ClNO4/c1-15-7-6-10-21(14-15,26-5)19(24)23-16-8-9-18(17(22)13-16)27-12-11-20(2,3)25-4/h8-9,13,15H,6-7,10-12,14H2,1-5H3,(H,23,24)/t15-,21-/m1/s1. The van der Waals surface area contributed by atoms with E-state index in [2.05, 4.69) is 12.2 Å². The summed E-state index contributed by atoms with van der Waals surface area (Å²) in [6.45, 7) is 6.67. The molecule has 6 heteroatoms. The van der Waals surface area contributed by atoms with Crippen molar-refractivity contribution in [2.45, 2.75) is 64.1 Å². The van der Waals surface area contributed by atoms with E-state index >= 15 is 0 Å². The van der Waals surface area contributed by atoms with E-state index in [0.717, 1.165) is 32.1 Å². The number of methoxy groups -OCH3 is 2. The Hall–Kier alpha value is -1.30. The predicted molar refractivity (Wildman–Crippen MR) is 109 cm³/mol. The number of nitrogens with one attached hydrogen (secondary N) is 1. The molecule has 0 unspecified atom stereocenters. The van der Waals surface area contributed by atoms with Gasteiger partial charge in [-0.1, -0.05) is 24.9 Å². The van der Waals surface area contributed by atoms with Crippen LogP contribution < -0.4 is 10.1 Å². The normalized spacial score (nSPS) is 23.1. The highest BCUT2D eigenvalue weighted by molar-refractivity contribution is 6.32. The smallest absolute Gasteiger partial charge is 0.256 e. The third-order valence-electron chi connectivity index (χ3n) is 5.46. The topological polar surface area (TPSA) is 56.8 Å². The molecule has 0 radical (unpaired) electrons. The van der Waals surface area contributed by atoms with Crippen LogP contribution in [0.2, 0.25) is 5.02 Å². The maximum Gasteiger partial charge on any atom is 0.256 e. The molecule has 1 aliphatic carbocycles. The maximum atomic E-state index is 12.9. The summed E-state index contributed by atoms with van der Waals surface area (Å²) >= 11 is 6.34. The van der Waals surface area contributed by atoms with Gasteiger partial charge in [0.2, 0.25) is 0 Å². The lowest BCUT2D eigenvalue weighted by atomic mass is 9.78. The second kappa shape index (κ2) is 9.26. The van der Waals surface area contributed by atoms with Gasteiger partial charge < -0.3 is 19.5 Å². The fraction of sp³-hybridized carbons (Fsp3) is 0.667. The number of hydrogen-bond donors (Lipinski definition) is 1. The van der Waals surface area contributed by atoms with Crippen molar-refractivity contribution < 1.29 is 19.0 Å². The lowest BCUT2D eigenvalue weighted by Gasteiger charge is -2.37. The highest BCUT2D eigenvalue weighted by Crippen LogP contribution is 2.36. The van der Waals surface area contributed by atoms with Crippen LogP contribution in [0.25, 0.3) is 0 Å². The van der Waals surface area contributed by atoms with Gasteiger partial charge in [0.05, 0.1) is 17.2 Å². The number of halogens is 1. The van der Waals surface area contributed by atoms with Crippen LogP contribution in [0.5, 0.6) is 5.75 Å². The third kappa shape index (κ3) is 5.84. The van der Waals surface area contributed by atoms with Crippen LogP contribution in [0.4, 0.5) is 5.69 Å². The molecule has 27 heavy (non-hydrogen) atoms. The molecule has 1 aliphatic rings. The molecule has 152 valence electrons. The summed E-state index contributed by atoms with van der Waals surface area (Å²) in [7, 11) is 3.30. The molecule has 2 atom stereocenters. The Labute approximate surface area is 167 Å². The molecule has 0 aliphatic heterocycles. The Kier molecular flexibility index (Phi) is 7.55. The van der Waals surface area contributed by atoms with Crippen LogP contribution in [0.3, 0.4) is 0 Å². The average Bonchev–Trinajstić information content (AvgIpc) is 2.63. The number of ether oxygens (including phenoxy) is 3. The van der Waals surface area contributed by atoms with Gasteiger partial charge in [0.25, 0.3) is 5.91 Å². The lowest BCUT2D eigenvalue weighted by Crippen LogP contribution is -2.47. The van der Waals surface area contributed by atoms with Crippen LogP contribution in [-0.2, 0) is 14.3 Å². The SMILES string of the molecule is COC(C)(C)CCOc1ccc(NC(=O)[C@@]2(OC)CCC[C@@H](C)C2)cc1Cl. The molecular formula is C21H32ClNO4. The van der Waals surface area contributed by atoms with E-state index in [1.54, 1.807) is 32.4 Å². The number of amides is 1. The maximum absolute atomic E-state index is 12.9. The summed E-state index contributed by atoms with van der Waals surface area (Å²) in [5.41, 5.74) is -0.360. The van der Waals surface area contributed by atoms with E-state index in [4.69, 9.17) is 25.8 Å². The summed E-state index contributed by atoms with van der Waals surface area (Å²) in [6, 6.07) is 5.29. The van der Waals surface area contributed by atoms with Gasteiger partial charge in [-0.05, 0) is 57.2 Å². The van der Waals surface area contributed by atoms with Gasteiger partial charge in [0.1, 0.15) is 11.4 Å². The zero-order chi connectivity index (χ0) is 20.1. The second-order valence-electron chi connectivity index (χ2n) is 8.06. The van der Waals surface area contributed by atoms with Crippen molar-refractivity contribution in [2.75, 3.05) is 26.1 Å². The third-order valence-corrected chi connectivity index (χ3v) is 5.76. The average molecular weight is 398 g/mol. The minimum Gasteiger partial charge on any atom is -0.492 e. The second-order valence-corrected chi connectivity index (χ2v) is 8.47. The van der Waals surface area contributed by atoms with E-state index < -0.39 is 5.60 Å². The summed E-state index contributed by atoms with van der Waals surface area (Å²) in [6.07, 6.45) is 4.35. The molecule has 2 rings (SSSR count). The van der Waals surface area contributed by atoms with Crippen LogP contribution in [0.1, 0.15) is 52.9 Å². The molecule has 1 saturated carbocycles. The largest absolute Gasteiger partial charge is 0.492 e. The molecule has 1 fully saturated rings. The van der Waals surface area contributed by atoms with Gasteiger partial charge in [0.15, 0.2) is 0 Å². The monoisotopic (exact) mass is 397 g/mol. The minimum atomic E-state index is -0.759. The van der Waals surface area contributed by atoms with Gasteiger partial charge >= 0.3 is 0 Å². The van der Waals surface area contributed by atoms with Crippen molar-refractivity contribution in [3.8, 4) is 5.75 Å². The number of carbonyl (C=O) groups excluding carboxylic acids is 1. The van der Waals surface area contributed by atoms with Crippen LogP contribution in [-0.4, -0.2) is 37.9 Å². The molecule has 5 nitrogen and oxygen atoms in total. The van der Waals surface area contributed by atoms with Gasteiger partial charge in [-0.3, -0.25) is 4.79 Å². The van der Waals surface area contributed by atoms with E-state index in [1.807, 2.05) is 13.8 Å². The van der Waals surface area contributed by atoms with Crippen LogP contribution >= 0.6 is 11.6 Å². The Balaban J connectivity index is 1.99. The lowest BCUT2D eigenvalue weighted by molar-refractivity contribution is -0.143. The molecule has 0 spiro atoms. The van der Waals surface area contributed by atoms with Crippen molar-refractivity contribution >= 4 is 23.2 Å². The van der Waals surface area contributed by atoms with Crippen LogP contribution in [0, 0.1) is 5.92 Å². The Morgan fingerprint density at radius 2 is 2.11 bits per heavy atom. The Bertz CT molecular complexity index is 649. The number of carbonyl (C=O) groups is 1. The Morgan fingerprint density at radius 3 is 2.70 bits per heavy atom. The van der Waals surface area contributed by atoms with Crippen molar-refractivity contribution in [1.29, 1.82) is 0 Å². The first-order valence-corrected chi connectivity index (χ1v) is 9.93. The molecule has 1 aromatic rings. The molecule has 1 amide bonds. The van der Waals surface area contributed by atoms with Crippen molar-refractivity contribution in [2.24, 2.45) is 5.92 Å². The highest BCUT2D eigenvalue weighted by Gasteiger charge is 2.42. The van der Waals surface area contributed by atoms with E-state index in [1.165, 1.54) is 0 Å². The van der Waals surface area contributed by atoms with Gasteiger partial charge in [0, 0.05) is 26.3 Å². The van der Waals surface area contributed by atoms with Crippen molar-refractivity contribution in [3.63, 3.8) is 0 Å². The van der Waals surface area contributed by atoms with Gasteiger partial charge in [-0.25, -0.2) is 0 Å². The molecule has 1 N–H and O–H groups in total. The summed E-state index contributed by atoms with van der Waals surface area (Å²) in [5.74, 6) is 0.956. The quantitative estimate of drug-likeness (QED) is 0.665. The summed E-state index contributed by atoms with van der Waals surface area (Å²) in [4.78, 5) is 12.9. The molecule has 0 bridgehead atoms. The molecule has 0 heterocycles. The predicted octanol–water partition coefficient (Wildman–Crippen LogP) is 5.07. The van der Waals surface area contributed by atoms with Gasteiger partial charge in [-0.15, -0.1) is 0 Å². The zero-order valence-electron chi connectivity index (χ0n) is 17.1. The number of anilines is 1. The number of benzene rings is 1. The Morgan fingerprint density at radius 1 is 1.37 bits per heavy atom. The molecule has 0 saturated heterocycles.